The maximum atomic E-state index is 10.8. The predicted molar refractivity (Wildman–Crippen MR) is 111 cm³/mol. The standard InChI is InChI=1S/C22H37NO6/c1-20(2,3)13-7-12(8-14(16(13)25)21(4,5)6)10-23-15-9-22(29,11-24)19(28)18(27)17(15)26/h7-8,15,17-19,23-29H,9-11H2,1-6H3/t15-,17-,18+,19-,22-/m0/s1. The average Bonchev–Trinajstić information content (AvgIpc) is 2.60. The van der Waals surface area contributed by atoms with Gasteiger partial charge in [-0.25, -0.2) is 0 Å². The number of phenolic OH excluding ortho intramolecular Hbond substituents is 1. The molecule has 1 aromatic rings. The zero-order valence-electron chi connectivity index (χ0n) is 18.3. The molecule has 1 fully saturated rings. The second-order valence-corrected chi connectivity index (χ2v) is 10.4. The number of hydrogen-bond donors (Lipinski definition) is 7. The van der Waals surface area contributed by atoms with Crippen molar-refractivity contribution in [2.24, 2.45) is 0 Å². The van der Waals surface area contributed by atoms with Gasteiger partial charge >= 0.3 is 0 Å². The van der Waals surface area contributed by atoms with Crippen molar-refractivity contribution in [2.45, 2.75) is 95.3 Å². The highest BCUT2D eigenvalue weighted by Crippen LogP contribution is 2.40. The fraction of sp³-hybridized carbons (Fsp3) is 0.727. The molecule has 7 heteroatoms. The average molecular weight is 412 g/mol. The maximum Gasteiger partial charge on any atom is 0.123 e. The van der Waals surface area contributed by atoms with Crippen molar-refractivity contribution in [3.8, 4) is 5.75 Å². The lowest BCUT2D eigenvalue weighted by Gasteiger charge is -2.45. The molecule has 166 valence electrons. The molecular weight excluding hydrogens is 374 g/mol. The van der Waals surface area contributed by atoms with Crippen LogP contribution in [0.2, 0.25) is 0 Å². The highest BCUT2D eigenvalue weighted by molar-refractivity contribution is 5.49. The van der Waals surface area contributed by atoms with Crippen LogP contribution >= 0.6 is 0 Å². The number of rotatable bonds is 4. The van der Waals surface area contributed by atoms with E-state index in [1.165, 1.54) is 0 Å². The van der Waals surface area contributed by atoms with Gasteiger partial charge in [0.15, 0.2) is 0 Å². The van der Waals surface area contributed by atoms with E-state index in [1.54, 1.807) is 0 Å². The van der Waals surface area contributed by atoms with Crippen molar-refractivity contribution < 1.29 is 30.6 Å². The SMILES string of the molecule is CC(C)(C)c1cc(CN[C@H]2C[C@](O)(CO)[C@@H](O)[C@H](O)[C@H]2O)cc(C(C)(C)C)c1O. The first-order chi connectivity index (χ1) is 13.1. The summed E-state index contributed by atoms with van der Waals surface area (Å²) in [6.45, 7) is 11.7. The first-order valence-electron chi connectivity index (χ1n) is 10.1. The van der Waals surface area contributed by atoms with Crippen molar-refractivity contribution in [2.75, 3.05) is 6.61 Å². The van der Waals surface area contributed by atoms with Gasteiger partial charge in [0.05, 0.1) is 12.7 Å². The Morgan fingerprint density at radius 2 is 1.45 bits per heavy atom. The van der Waals surface area contributed by atoms with Gasteiger partial charge in [-0.1, -0.05) is 53.7 Å². The summed E-state index contributed by atoms with van der Waals surface area (Å²) in [6, 6.07) is 3.10. The molecule has 5 atom stereocenters. The highest BCUT2D eigenvalue weighted by atomic mass is 16.4. The van der Waals surface area contributed by atoms with Crippen LogP contribution in [0.15, 0.2) is 12.1 Å². The largest absolute Gasteiger partial charge is 0.507 e. The maximum absolute atomic E-state index is 10.8. The molecular formula is C22H37NO6. The molecule has 1 aromatic carbocycles. The molecule has 0 aromatic heterocycles. The number of phenols is 1. The Hall–Kier alpha value is -1.22. The highest BCUT2D eigenvalue weighted by Gasteiger charge is 2.51. The van der Waals surface area contributed by atoms with Crippen molar-refractivity contribution in [1.82, 2.24) is 5.32 Å². The summed E-state index contributed by atoms with van der Waals surface area (Å²) in [5.74, 6) is 0.277. The molecule has 1 aliphatic carbocycles. The summed E-state index contributed by atoms with van der Waals surface area (Å²) >= 11 is 0. The third kappa shape index (κ3) is 4.93. The fourth-order valence-corrected chi connectivity index (χ4v) is 3.90. The molecule has 29 heavy (non-hydrogen) atoms. The van der Waals surface area contributed by atoms with E-state index in [0.29, 0.717) is 6.54 Å². The summed E-state index contributed by atoms with van der Waals surface area (Å²) in [5.41, 5.74) is 0.0711. The van der Waals surface area contributed by atoms with Crippen LogP contribution in [0.3, 0.4) is 0 Å². The molecule has 1 saturated carbocycles. The van der Waals surface area contributed by atoms with Crippen LogP contribution in [0.5, 0.6) is 5.75 Å². The van der Waals surface area contributed by atoms with Crippen molar-refractivity contribution in [3.05, 3.63) is 28.8 Å². The number of aliphatic hydroxyl groups excluding tert-OH is 4. The predicted octanol–water partition coefficient (Wildman–Crippen LogP) is 0.655. The van der Waals surface area contributed by atoms with E-state index in [-0.39, 0.29) is 23.0 Å². The zero-order valence-corrected chi connectivity index (χ0v) is 18.3. The first-order valence-corrected chi connectivity index (χ1v) is 10.1. The third-order valence-corrected chi connectivity index (χ3v) is 5.84. The third-order valence-electron chi connectivity index (χ3n) is 5.84. The Morgan fingerprint density at radius 3 is 1.86 bits per heavy atom. The smallest absolute Gasteiger partial charge is 0.123 e. The topological polar surface area (TPSA) is 133 Å². The molecule has 7 nitrogen and oxygen atoms in total. The number of hydrogen-bond acceptors (Lipinski definition) is 7. The molecule has 0 aliphatic heterocycles. The van der Waals surface area contributed by atoms with Crippen LogP contribution < -0.4 is 5.32 Å². The number of aliphatic hydroxyl groups is 5. The minimum absolute atomic E-state index is 0.112. The molecule has 0 radical (unpaired) electrons. The van der Waals surface area contributed by atoms with Crippen molar-refractivity contribution in [1.29, 1.82) is 0 Å². The molecule has 0 amide bonds. The van der Waals surface area contributed by atoms with Crippen molar-refractivity contribution in [3.63, 3.8) is 0 Å². The van der Waals surface area contributed by atoms with E-state index in [9.17, 15) is 30.6 Å². The molecule has 7 N–H and O–H groups in total. The van der Waals surface area contributed by atoms with E-state index >= 15 is 0 Å². The Bertz CT molecular complexity index is 688. The van der Waals surface area contributed by atoms with Gasteiger partial charge in [0, 0.05) is 12.6 Å². The van der Waals surface area contributed by atoms with Crippen LogP contribution in [0.25, 0.3) is 0 Å². The van der Waals surface area contributed by atoms with E-state index in [4.69, 9.17) is 0 Å². The lowest BCUT2D eigenvalue weighted by molar-refractivity contribution is -0.206. The van der Waals surface area contributed by atoms with E-state index < -0.39 is 36.6 Å². The van der Waals surface area contributed by atoms with Gasteiger partial charge in [-0.15, -0.1) is 0 Å². The van der Waals surface area contributed by atoms with Crippen molar-refractivity contribution >= 4 is 0 Å². The normalized spacial score (nSPS) is 31.1. The quantitative estimate of drug-likeness (QED) is 0.387. The summed E-state index contributed by atoms with van der Waals surface area (Å²) in [7, 11) is 0. The van der Waals surface area contributed by atoms with E-state index in [0.717, 1.165) is 16.7 Å². The number of benzene rings is 1. The van der Waals surface area contributed by atoms with E-state index in [1.807, 2.05) is 53.7 Å². The Labute approximate surface area is 173 Å². The first kappa shape index (κ1) is 24.1. The van der Waals surface area contributed by atoms with Crippen LogP contribution in [-0.4, -0.2) is 67.2 Å². The van der Waals surface area contributed by atoms with Crippen LogP contribution in [-0.2, 0) is 17.4 Å². The molecule has 0 unspecified atom stereocenters. The van der Waals surface area contributed by atoms with Crippen LogP contribution in [0.4, 0.5) is 0 Å². The summed E-state index contributed by atoms with van der Waals surface area (Å²) in [5, 5.41) is 64.2. The second kappa shape index (κ2) is 8.13. The zero-order chi connectivity index (χ0) is 22.4. The van der Waals surface area contributed by atoms with Gasteiger partial charge in [0.1, 0.15) is 23.6 Å². The van der Waals surface area contributed by atoms with Gasteiger partial charge in [0.25, 0.3) is 0 Å². The summed E-state index contributed by atoms with van der Waals surface area (Å²) < 4.78 is 0. The second-order valence-electron chi connectivity index (χ2n) is 10.4. The van der Waals surface area contributed by atoms with Gasteiger partial charge < -0.3 is 36.0 Å². The Morgan fingerprint density at radius 1 is 0.966 bits per heavy atom. The Balaban J connectivity index is 2.32. The van der Waals surface area contributed by atoms with E-state index in [2.05, 4.69) is 5.32 Å². The van der Waals surface area contributed by atoms with Gasteiger partial charge in [-0.3, -0.25) is 0 Å². The van der Waals surface area contributed by atoms with Gasteiger partial charge in [-0.2, -0.15) is 0 Å². The lowest BCUT2D eigenvalue weighted by atomic mass is 9.76. The minimum atomic E-state index is -1.89. The summed E-state index contributed by atoms with van der Waals surface area (Å²) in [4.78, 5) is 0. The molecule has 0 spiro atoms. The monoisotopic (exact) mass is 411 g/mol. The minimum Gasteiger partial charge on any atom is -0.507 e. The van der Waals surface area contributed by atoms with Gasteiger partial charge in [-0.05, 0) is 33.9 Å². The number of aromatic hydroxyl groups is 1. The van der Waals surface area contributed by atoms with Crippen LogP contribution in [0.1, 0.15) is 64.7 Å². The van der Waals surface area contributed by atoms with Crippen LogP contribution in [0, 0.1) is 0 Å². The molecule has 0 heterocycles. The summed E-state index contributed by atoms with van der Waals surface area (Å²) in [6.07, 6.45) is -4.61. The molecule has 1 aliphatic rings. The fourth-order valence-electron chi connectivity index (χ4n) is 3.90. The molecule has 0 bridgehead atoms. The lowest BCUT2D eigenvalue weighted by Crippen LogP contribution is -2.66. The Kier molecular flexibility index (Phi) is 6.75. The number of nitrogens with one attached hydrogen (secondary N) is 1. The van der Waals surface area contributed by atoms with Gasteiger partial charge in [0.2, 0.25) is 0 Å². The molecule has 0 saturated heterocycles. The molecule has 2 rings (SSSR count).